The highest BCUT2D eigenvalue weighted by atomic mass is 16.4. The fourth-order valence-electron chi connectivity index (χ4n) is 1.49. The van der Waals surface area contributed by atoms with Crippen LogP contribution in [0.1, 0.15) is 26.2 Å². The highest BCUT2D eigenvalue weighted by Gasteiger charge is 2.23. The summed E-state index contributed by atoms with van der Waals surface area (Å²) < 4.78 is 0. The number of aliphatic carboxylic acids is 1. The van der Waals surface area contributed by atoms with E-state index in [4.69, 9.17) is 15.9 Å². The second kappa shape index (κ2) is 9.15. The van der Waals surface area contributed by atoms with Gasteiger partial charge in [0.25, 0.3) is 0 Å². The predicted octanol–water partition coefficient (Wildman–Crippen LogP) is -0.881. The molecule has 0 aliphatic heterocycles. The number of carbonyl (C=O) groups is 3. The molecular weight excluding hydrogens is 254 g/mol. The van der Waals surface area contributed by atoms with Crippen molar-refractivity contribution in [2.45, 2.75) is 32.2 Å². The number of aliphatic hydroxyl groups is 1. The summed E-state index contributed by atoms with van der Waals surface area (Å²) >= 11 is 0. The number of urea groups is 1. The summed E-state index contributed by atoms with van der Waals surface area (Å²) in [7, 11) is 0. The summed E-state index contributed by atoms with van der Waals surface area (Å²) in [5.74, 6) is -1.85. The quantitative estimate of drug-likeness (QED) is 0.433. The van der Waals surface area contributed by atoms with E-state index in [-0.39, 0.29) is 26.0 Å². The molecule has 0 aliphatic rings. The van der Waals surface area contributed by atoms with Crippen molar-refractivity contribution in [2.75, 3.05) is 19.7 Å². The van der Waals surface area contributed by atoms with Gasteiger partial charge in [0.15, 0.2) is 0 Å². The lowest BCUT2D eigenvalue weighted by Gasteiger charge is -2.24. The molecule has 0 aromatic heterocycles. The van der Waals surface area contributed by atoms with Gasteiger partial charge < -0.3 is 26.2 Å². The second-order valence-electron chi connectivity index (χ2n) is 4.06. The van der Waals surface area contributed by atoms with Gasteiger partial charge >= 0.3 is 12.0 Å². The van der Waals surface area contributed by atoms with Crippen molar-refractivity contribution in [2.24, 2.45) is 5.73 Å². The Hall–Kier alpha value is -1.83. The zero-order valence-electron chi connectivity index (χ0n) is 11.0. The zero-order chi connectivity index (χ0) is 14.8. The van der Waals surface area contributed by atoms with E-state index in [1.54, 1.807) is 0 Å². The number of primary amides is 1. The summed E-state index contributed by atoms with van der Waals surface area (Å²) in [6.45, 7) is 2.20. The van der Waals surface area contributed by atoms with Crippen LogP contribution in [0.4, 0.5) is 4.79 Å². The third-order valence-corrected chi connectivity index (χ3v) is 2.43. The highest BCUT2D eigenvalue weighted by molar-refractivity contribution is 5.83. The summed E-state index contributed by atoms with van der Waals surface area (Å²) in [5.41, 5.74) is 4.94. The van der Waals surface area contributed by atoms with Crippen molar-refractivity contribution in [3.63, 3.8) is 0 Å². The van der Waals surface area contributed by atoms with Gasteiger partial charge in [0, 0.05) is 19.5 Å². The highest BCUT2D eigenvalue weighted by Crippen LogP contribution is 2.00. The van der Waals surface area contributed by atoms with E-state index in [1.807, 2.05) is 6.92 Å². The van der Waals surface area contributed by atoms with E-state index in [1.165, 1.54) is 4.90 Å². The minimum absolute atomic E-state index is 0.0600. The molecule has 0 fully saturated rings. The van der Waals surface area contributed by atoms with Crippen LogP contribution in [0.25, 0.3) is 0 Å². The average molecular weight is 275 g/mol. The third kappa shape index (κ3) is 7.24. The number of carboxylic acids is 1. The molecule has 8 heteroatoms. The molecule has 0 spiro atoms. The van der Waals surface area contributed by atoms with Gasteiger partial charge in [-0.15, -0.1) is 0 Å². The molecule has 5 N–H and O–H groups in total. The van der Waals surface area contributed by atoms with Crippen molar-refractivity contribution < 1.29 is 24.6 Å². The lowest BCUT2D eigenvalue weighted by molar-refractivity contribution is -0.139. The average Bonchev–Trinajstić information content (AvgIpc) is 2.33. The number of rotatable bonds is 9. The number of nitrogens with one attached hydrogen (secondary N) is 1. The van der Waals surface area contributed by atoms with Crippen molar-refractivity contribution >= 4 is 17.9 Å². The van der Waals surface area contributed by atoms with Crippen molar-refractivity contribution in [1.82, 2.24) is 10.2 Å². The minimum atomic E-state index is -1.23. The third-order valence-electron chi connectivity index (χ3n) is 2.43. The van der Waals surface area contributed by atoms with Crippen LogP contribution in [-0.4, -0.2) is 58.8 Å². The first-order valence-corrected chi connectivity index (χ1v) is 6.09. The zero-order valence-corrected chi connectivity index (χ0v) is 11.0. The minimum Gasteiger partial charge on any atom is -0.480 e. The van der Waals surface area contributed by atoms with Gasteiger partial charge in [-0.1, -0.05) is 6.92 Å². The van der Waals surface area contributed by atoms with Gasteiger partial charge in [-0.3, -0.25) is 4.79 Å². The number of nitrogens with two attached hydrogens (primary N) is 1. The predicted molar refractivity (Wildman–Crippen MR) is 67.3 cm³/mol. The molecule has 3 amide bonds. The largest absolute Gasteiger partial charge is 0.480 e. The van der Waals surface area contributed by atoms with E-state index < -0.39 is 23.9 Å². The van der Waals surface area contributed by atoms with Crippen LogP contribution in [-0.2, 0) is 9.59 Å². The van der Waals surface area contributed by atoms with Crippen LogP contribution >= 0.6 is 0 Å². The van der Waals surface area contributed by atoms with Crippen molar-refractivity contribution in [1.29, 1.82) is 0 Å². The maximum absolute atomic E-state index is 11.8. The molecule has 0 saturated heterocycles. The molecule has 0 radical (unpaired) electrons. The van der Waals surface area contributed by atoms with Gasteiger partial charge in [-0.2, -0.15) is 0 Å². The molecule has 0 bridgehead atoms. The number of hydrogen-bond acceptors (Lipinski definition) is 4. The first kappa shape index (κ1) is 17.2. The van der Waals surface area contributed by atoms with Crippen molar-refractivity contribution in [3.05, 3.63) is 0 Å². The monoisotopic (exact) mass is 275 g/mol. The topological polar surface area (TPSA) is 133 Å². The van der Waals surface area contributed by atoms with Gasteiger partial charge in [-0.05, 0) is 12.8 Å². The van der Waals surface area contributed by atoms with Crippen LogP contribution in [0.2, 0.25) is 0 Å². The standard InChI is InChI=1S/C11H21N3O5/c1-2-5-14(6-7-15)11(19)13-8(10(17)18)3-4-9(12)16/h8,15H,2-7H2,1H3,(H2,12,16)(H,13,19)(H,17,18). The van der Waals surface area contributed by atoms with Crippen LogP contribution in [0.15, 0.2) is 0 Å². The molecule has 0 aliphatic carbocycles. The number of amides is 3. The molecule has 8 nitrogen and oxygen atoms in total. The van der Waals surface area contributed by atoms with E-state index in [0.717, 1.165) is 0 Å². The number of carboxylic acid groups (broad SMARTS) is 1. The first-order valence-electron chi connectivity index (χ1n) is 6.09. The van der Waals surface area contributed by atoms with Gasteiger partial charge in [0.2, 0.25) is 5.91 Å². The Balaban J connectivity index is 4.49. The smallest absolute Gasteiger partial charge is 0.326 e. The maximum Gasteiger partial charge on any atom is 0.326 e. The molecule has 1 unspecified atom stereocenters. The normalized spacial score (nSPS) is 11.7. The molecule has 0 aromatic rings. The van der Waals surface area contributed by atoms with Crippen LogP contribution in [0.5, 0.6) is 0 Å². The van der Waals surface area contributed by atoms with E-state index >= 15 is 0 Å². The molecule has 110 valence electrons. The van der Waals surface area contributed by atoms with Gasteiger partial charge in [0.05, 0.1) is 6.61 Å². The fourth-order valence-corrected chi connectivity index (χ4v) is 1.49. The molecule has 1 atom stereocenters. The van der Waals surface area contributed by atoms with Crippen LogP contribution in [0.3, 0.4) is 0 Å². The van der Waals surface area contributed by atoms with E-state index in [9.17, 15) is 14.4 Å². The van der Waals surface area contributed by atoms with Crippen LogP contribution in [0, 0.1) is 0 Å². The first-order chi connectivity index (χ1) is 8.92. The van der Waals surface area contributed by atoms with Crippen molar-refractivity contribution in [3.8, 4) is 0 Å². The van der Waals surface area contributed by atoms with E-state index in [2.05, 4.69) is 5.32 Å². The Labute approximate surface area is 111 Å². The van der Waals surface area contributed by atoms with Gasteiger partial charge in [-0.25, -0.2) is 9.59 Å². The van der Waals surface area contributed by atoms with Gasteiger partial charge in [0.1, 0.15) is 6.04 Å². The SMILES string of the molecule is CCCN(CCO)C(=O)NC(CCC(N)=O)C(=O)O. The Bertz CT molecular complexity index is 315. The summed E-state index contributed by atoms with van der Waals surface area (Å²) in [6, 6.07) is -1.74. The molecule has 0 heterocycles. The van der Waals surface area contributed by atoms with E-state index in [0.29, 0.717) is 13.0 Å². The number of carbonyl (C=O) groups excluding carboxylic acids is 2. The second-order valence-corrected chi connectivity index (χ2v) is 4.06. The number of hydrogen-bond donors (Lipinski definition) is 4. The molecule has 0 aromatic carbocycles. The molecule has 0 saturated carbocycles. The lowest BCUT2D eigenvalue weighted by atomic mass is 10.1. The Morgan fingerprint density at radius 2 is 1.95 bits per heavy atom. The molecular formula is C11H21N3O5. The Morgan fingerprint density at radius 1 is 1.32 bits per heavy atom. The molecule has 19 heavy (non-hydrogen) atoms. The maximum atomic E-state index is 11.8. The fraction of sp³-hybridized carbons (Fsp3) is 0.727. The summed E-state index contributed by atoms with van der Waals surface area (Å²) in [5, 5.41) is 20.1. The Kier molecular flexibility index (Phi) is 8.27. The number of nitrogens with zero attached hydrogens (tertiary/aromatic N) is 1. The summed E-state index contributed by atoms with van der Waals surface area (Å²) in [4.78, 5) is 34.7. The lowest BCUT2D eigenvalue weighted by Crippen LogP contribution is -2.49. The van der Waals surface area contributed by atoms with Crippen LogP contribution < -0.4 is 11.1 Å². The molecule has 0 rings (SSSR count). The Morgan fingerprint density at radius 3 is 2.37 bits per heavy atom. The summed E-state index contributed by atoms with van der Waals surface area (Å²) in [6.07, 6.45) is 0.507. The number of aliphatic hydroxyl groups excluding tert-OH is 1.